The predicted molar refractivity (Wildman–Crippen MR) is 76.9 cm³/mol. The number of hydrogen-bond acceptors (Lipinski definition) is 6. The van der Waals surface area contributed by atoms with Gasteiger partial charge >= 0.3 is 0 Å². The van der Waals surface area contributed by atoms with Gasteiger partial charge in [0.2, 0.25) is 0 Å². The van der Waals surface area contributed by atoms with Gasteiger partial charge in [-0.2, -0.15) is 0 Å². The van der Waals surface area contributed by atoms with Crippen LogP contribution in [0.3, 0.4) is 0 Å². The molecule has 3 rings (SSSR count). The standard InChI is InChI=1S/C12H11N3O3S2/c1-18-9-5-10(20(2,16)17)19-11(9)12-14-7-3-4-13-6-8(7)15-12/h3-6H,1-2H3,(H,14,15). The smallest absolute Gasteiger partial charge is 0.185 e. The molecule has 0 bridgehead atoms. The summed E-state index contributed by atoms with van der Waals surface area (Å²) in [6, 6.07) is 3.30. The largest absolute Gasteiger partial charge is 0.495 e. The number of methoxy groups -OCH3 is 1. The number of nitrogens with zero attached hydrogens (tertiary/aromatic N) is 2. The molecule has 3 aromatic heterocycles. The van der Waals surface area contributed by atoms with E-state index in [0.717, 1.165) is 22.4 Å². The molecule has 6 nitrogen and oxygen atoms in total. The van der Waals surface area contributed by atoms with Gasteiger partial charge in [-0.25, -0.2) is 13.4 Å². The molecule has 0 aliphatic heterocycles. The number of hydrogen-bond donors (Lipinski definition) is 1. The van der Waals surface area contributed by atoms with Crippen molar-refractivity contribution in [1.29, 1.82) is 0 Å². The van der Waals surface area contributed by atoms with Crippen molar-refractivity contribution in [2.24, 2.45) is 0 Å². The Hall–Kier alpha value is -1.93. The summed E-state index contributed by atoms with van der Waals surface area (Å²) in [5.74, 6) is 1.06. The molecule has 0 saturated carbocycles. The minimum absolute atomic E-state index is 0.253. The minimum Gasteiger partial charge on any atom is -0.495 e. The summed E-state index contributed by atoms with van der Waals surface area (Å²) in [5.41, 5.74) is 1.56. The second-order valence-corrected chi connectivity index (χ2v) is 7.51. The van der Waals surface area contributed by atoms with Crippen molar-refractivity contribution in [1.82, 2.24) is 15.0 Å². The molecule has 0 atom stereocenters. The highest BCUT2D eigenvalue weighted by molar-refractivity contribution is 7.92. The Balaban J connectivity index is 2.20. The van der Waals surface area contributed by atoms with Crippen LogP contribution in [0.4, 0.5) is 0 Å². The molecule has 3 heterocycles. The first-order valence-electron chi connectivity index (χ1n) is 5.67. The fourth-order valence-corrected chi connectivity index (χ4v) is 3.80. The Labute approximate surface area is 119 Å². The van der Waals surface area contributed by atoms with E-state index >= 15 is 0 Å². The van der Waals surface area contributed by atoms with Crippen molar-refractivity contribution in [2.75, 3.05) is 13.4 Å². The molecule has 0 spiro atoms. The molecule has 0 unspecified atom stereocenters. The van der Waals surface area contributed by atoms with Crippen LogP contribution in [0.2, 0.25) is 0 Å². The van der Waals surface area contributed by atoms with Crippen LogP contribution in [-0.2, 0) is 9.84 Å². The van der Waals surface area contributed by atoms with Crippen molar-refractivity contribution in [3.8, 4) is 16.5 Å². The summed E-state index contributed by atoms with van der Waals surface area (Å²) in [4.78, 5) is 12.2. The predicted octanol–water partition coefficient (Wildman–Crippen LogP) is 2.10. The van der Waals surface area contributed by atoms with Crippen LogP contribution in [0, 0.1) is 0 Å². The van der Waals surface area contributed by atoms with Gasteiger partial charge in [0.15, 0.2) is 15.7 Å². The maximum Gasteiger partial charge on any atom is 0.185 e. The minimum atomic E-state index is -3.27. The van der Waals surface area contributed by atoms with Crippen molar-refractivity contribution < 1.29 is 13.2 Å². The molecule has 1 N–H and O–H groups in total. The Bertz CT molecular complexity index is 847. The van der Waals surface area contributed by atoms with E-state index < -0.39 is 9.84 Å². The van der Waals surface area contributed by atoms with Crippen LogP contribution in [0.25, 0.3) is 21.7 Å². The maximum atomic E-state index is 11.6. The number of sulfone groups is 1. The van der Waals surface area contributed by atoms with E-state index in [1.54, 1.807) is 18.5 Å². The van der Waals surface area contributed by atoms with Gasteiger partial charge in [0.25, 0.3) is 0 Å². The maximum absolute atomic E-state index is 11.6. The highest BCUT2D eigenvalue weighted by atomic mass is 32.2. The van der Waals surface area contributed by atoms with Crippen molar-refractivity contribution in [3.63, 3.8) is 0 Å². The van der Waals surface area contributed by atoms with Crippen LogP contribution in [-0.4, -0.2) is 36.7 Å². The quantitative estimate of drug-likeness (QED) is 0.801. The van der Waals surface area contributed by atoms with E-state index in [0.29, 0.717) is 16.5 Å². The number of nitrogens with one attached hydrogen (secondary N) is 1. The third-order valence-electron chi connectivity index (χ3n) is 2.76. The number of pyridine rings is 1. The van der Waals surface area contributed by atoms with Gasteiger partial charge in [-0.3, -0.25) is 4.98 Å². The second kappa shape index (κ2) is 4.57. The number of thiophene rings is 1. The highest BCUT2D eigenvalue weighted by Crippen LogP contribution is 2.39. The fourth-order valence-electron chi connectivity index (χ4n) is 1.82. The number of imidazole rings is 1. The van der Waals surface area contributed by atoms with Crippen molar-refractivity contribution in [2.45, 2.75) is 4.21 Å². The van der Waals surface area contributed by atoms with Gasteiger partial charge in [-0.1, -0.05) is 0 Å². The molecule has 0 aliphatic rings. The third-order valence-corrected chi connectivity index (χ3v) is 5.68. The van der Waals surface area contributed by atoms with Gasteiger partial charge in [0.1, 0.15) is 14.8 Å². The highest BCUT2D eigenvalue weighted by Gasteiger charge is 2.20. The molecule has 0 radical (unpaired) electrons. The number of aromatic amines is 1. The van der Waals surface area contributed by atoms with E-state index in [1.807, 2.05) is 0 Å². The number of fused-ring (bicyclic) bond motifs is 1. The van der Waals surface area contributed by atoms with Crippen molar-refractivity contribution >= 4 is 32.2 Å². The molecule has 0 fully saturated rings. The molecule has 104 valence electrons. The average molecular weight is 309 g/mol. The Kier molecular flexibility index (Phi) is 2.98. The van der Waals surface area contributed by atoms with Crippen molar-refractivity contribution in [3.05, 3.63) is 24.5 Å². The van der Waals surface area contributed by atoms with E-state index in [1.165, 1.54) is 19.4 Å². The lowest BCUT2D eigenvalue weighted by Gasteiger charge is -1.97. The summed E-state index contributed by atoms with van der Waals surface area (Å²) in [7, 11) is -1.77. The summed E-state index contributed by atoms with van der Waals surface area (Å²) < 4.78 is 28.8. The van der Waals surface area contributed by atoms with Gasteiger partial charge in [0, 0.05) is 18.5 Å². The van der Waals surface area contributed by atoms with Crippen LogP contribution in [0.1, 0.15) is 0 Å². The zero-order chi connectivity index (χ0) is 14.3. The van der Waals surface area contributed by atoms with E-state index in [-0.39, 0.29) is 4.21 Å². The zero-order valence-electron chi connectivity index (χ0n) is 10.7. The average Bonchev–Trinajstić information content (AvgIpc) is 3.01. The molecule has 3 aromatic rings. The van der Waals surface area contributed by atoms with Crippen LogP contribution >= 0.6 is 11.3 Å². The molecule has 0 aliphatic carbocycles. The molecular weight excluding hydrogens is 298 g/mol. The summed E-state index contributed by atoms with van der Waals surface area (Å²) >= 11 is 1.13. The molecule has 0 amide bonds. The monoisotopic (exact) mass is 309 g/mol. The fraction of sp³-hybridized carbons (Fsp3) is 0.167. The van der Waals surface area contributed by atoms with E-state index in [2.05, 4.69) is 15.0 Å². The summed E-state index contributed by atoms with van der Waals surface area (Å²) in [6.07, 6.45) is 4.49. The lowest BCUT2D eigenvalue weighted by atomic mass is 10.4. The first-order chi connectivity index (χ1) is 9.49. The van der Waals surface area contributed by atoms with Gasteiger partial charge in [-0.05, 0) is 6.07 Å². The molecule has 8 heteroatoms. The summed E-state index contributed by atoms with van der Waals surface area (Å²) in [6.45, 7) is 0. The van der Waals surface area contributed by atoms with Crippen LogP contribution in [0.5, 0.6) is 5.75 Å². The van der Waals surface area contributed by atoms with E-state index in [4.69, 9.17) is 4.74 Å². The molecular formula is C12H11N3O3S2. The van der Waals surface area contributed by atoms with Crippen LogP contribution < -0.4 is 4.74 Å². The van der Waals surface area contributed by atoms with E-state index in [9.17, 15) is 8.42 Å². The SMILES string of the molecule is COc1cc(S(C)(=O)=O)sc1-c1nc2ccncc2[nH]1. The number of ether oxygens (including phenoxy) is 1. The summed E-state index contributed by atoms with van der Waals surface area (Å²) in [5, 5.41) is 0. The topological polar surface area (TPSA) is 84.9 Å². The number of H-pyrrole nitrogens is 1. The van der Waals surface area contributed by atoms with Crippen LogP contribution in [0.15, 0.2) is 28.7 Å². The van der Waals surface area contributed by atoms with Gasteiger partial charge in [0.05, 0.1) is 24.3 Å². The first kappa shape index (κ1) is 13.1. The van der Waals surface area contributed by atoms with Gasteiger partial charge < -0.3 is 9.72 Å². The Morgan fingerprint density at radius 2 is 2.20 bits per heavy atom. The second-order valence-electron chi connectivity index (χ2n) is 4.21. The number of aromatic nitrogens is 3. The lowest BCUT2D eigenvalue weighted by Crippen LogP contribution is -1.92. The Morgan fingerprint density at radius 1 is 1.40 bits per heavy atom. The molecule has 0 saturated heterocycles. The normalized spacial score (nSPS) is 11.9. The third kappa shape index (κ3) is 2.16. The lowest BCUT2D eigenvalue weighted by molar-refractivity contribution is 0.417. The first-order valence-corrected chi connectivity index (χ1v) is 8.38. The number of rotatable bonds is 3. The molecule has 20 heavy (non-hydrogen) atoms. The molecule has 0 aromatic carbocycles. The zero-order valence-corrected chi connectivity index (χ0v) is 12.4. The van der Waals surface area contributed by atoms with Gasteiger partial charge in [-0.15, -0.1) is 11.3 Å². The Morgan fingerprint density at radius 3 is 2.85 bits per heavy atom.